The summed E-state index contributed by atoms with van der Waals surface area (Å²) in [5, 5.41) is 0. The van der Waals surface area contributed by atoms with Gasteiger partial charge in [0, 0.05) is 19.0 Å². The number of imidazole rings is 1. The van der Waals surface area contributed by atoms with Crippen LogP contribution in [-0.2, 0) is 22.3 Å². The highest BCUT2D eigenvalue weighted by Gasteiger charge is 2.10. The van der Waals surface area contributed by atoms with Gasteiger partial charge in [-0.1, -0.05) is 0 Å². The molecule has 0 fully saturated rings. The molecule has 0 atom stereocenters. The normalized spacial score (nSPS) is 12.1. The largest absolute Gasteiger partial charge is 0.327 e. The van der Waals surface area contributed by atoms with Crippen molar-refractivity contribution in [2.24, 2.45) is 0 Å². The molecule has 0 aliphatic carbocycles. The highest BCUT2D eigenvalue weighted by atomic mass is 35.5. The first-order valence-corrected chi connectivity index (χ1v) is 8.13. The quantitative estimate of drug-likeness (QED) is 0.784. The zero-order valence-electron chi connectivity index (χ0n) is 10.0. The van der Waals surface area contributed by atoms with E-state index in [0.717, 1.165) is 16.9 Å². The molecule has 0 aromatic carbocycles. The van der Waals surface area contributed by atoms with Crippen molar-refractivity contribution in [1.82, 2.24) is 14.5 Å². The Morgan fingerprint density at radius 1 is 1.44 bits per heavy atom. The summed E-state index contributed by atoms with van der Waals surface area (Å²) < 4.78 is 24.2. The lowest BCUT2D eigenvalue weighted by molar-refractivity contribution is 0.591. The van der Waals surface area contributed by atoms with Crippen LogP contribution in [0.15, 0.2) is 18.5 Å². The van der Waals surface area contributed by atoms with E-state index in [1.807, 2.05) is 10.6 Å². The maximum atomic E-state index is 11.1. The summed E-state index contributed by atoms with van der Waals surface area (Å²) in [5.74, 6) is 1.21. The predicted octanol–water partition coefficient (Wildman–Crippen LogP) is 1.60. The van der Waals surface area contributed by atoms with E-state index in [0.29, 0.717) is 18.8 Å². The minimum absolute atomic E-state index is 0.166. The highest BCUT2D eigenvalue weighted by molar-refractivity contribution is 7.90. The van der Waals surface area contributed by atoms with Gasteiger partial charge in [-0.05, 0) is 12.5 Å². The summed E-state index contributed by atoms with van der Waals surface area (Å²) >= 11 is 5.85. The van der Waals surface area contributed by atoms with E-state index < -0.39 is 9.84 Å². The van der Waals surface area contributed by atoms with E-state index >= 15 is 0 Å². The topological polar surface area (TPSA) is 64.8 Å². The number of rotatable bonds is 5. The summed E-state index contributed by atoms with van der Waals surface area (Å²) in [7, 11) is -2.93. The van der Waals surface area contributed by atoms with E-state index in [2.05, 4.69) is 9.97 Å². The molecule has 2 aromatic rings. The Balaban J connectivity index is 2.25. The SMILES string of the molecule is CS(=O)(=O)CCCn1c(CCl)nc2cnccc21. The van der Waals surface area contributed by atoms with E-state index in [4.69, 9.17) is 11.6 Å². The Morgan fingerprint density at radius 2 is 2.22 bits per heavy atom. The van der Waals surface area contributed by atoms with Gasteiger partial charge in [-0.2, -0.15) is 0 Å². The molecule has 0 amide bonds. The number of sulfone groups is 1. The van der Waals surface area contributed by atoms with Crippen LogP contribution in [0.2, 0.25) is 0 Å². The number of nitrogens with zero attached hydrogens (tertiary/aromatic N) is 3. The lowest BCUT2D eigenvalue weighted by atomic mass is 10.4. The van der Waals surface area contributed by atoms with E-state index in [9.17, 15) is 8.42 Å². The third-order valence-corrected chi connectivity index (χ3v) is 3.92. The van der Waals surface area contributed by atoms with Gasteiger partial charge in [-0.15, -0.1) is 11.6 Å². The van der Waals surface area contributed by atoms with Gasteiger partial charge >= 0.3 is 0 Å². The average Bonchev–Trinajstić information content (AvgIpc) is 2.66. The van der Waals surface area contributed by atoms with Crippen molar-refractivity contribution < 1.29 is 8.42 Å². The molecule has 2 rings (SSSR count). The second-order valence-corrected chi connectivity index (χ2v) is 6.69. The standard InChI is InChI=1S/C11H14ClN3O2S/c1-18(16,17)6-2-5-15-10-3-4-13-8-9(10)14-11(15)7-12/h3-4,8H,2,5-7H2,1H3. The van der Waals surface area contributed by atoms with Gasteiger partial charge in [0.15, 0.2) is 0 Å². The maximum absolute atomic E-state index is 11.1. The first kappa shape index (κ1) is 13.3. The Labute approximate surface area is 111 Å². The van der Waals surface area contributed by atoms with Crippen LogP contribution in [0.3, 0.4) is 0 Å². The summed E-state index contributed by atoms with van der Waals surface area (Å²) in [6.07, 6.45) is 5.16. The number of hydrogen-bond donors (Lipinski definition) is 0. The number of halogens is 1. The van der Waals surface area contributed by atoms with Crippen molar-refractivity contribution in [3.8, 4) is 0 Å². The second kappa shape index (κ2) is 5.24. The number of aromatic nitrogens is 3. The molecule has 98 valence electrons. The first-order chi connectivity index (χ1) is 8.51. The Hall–Kier alpha value is -1.14. The summed E-state index contributed by atoms with van der Waals surface area (Å²) in [6, 6.07) is 1.86. The van der Waals surface area contributed by atoms with Crippen molar-refractivity contribution in [2.45, 2.75) is 18.8 Å². The van der Waals surface area contributed by atoms with Gasteiger partial charge in [0.05, 0.1) is 23.3 Å². The van der Waals surface area contributed by atoms with Gasteiger partial charge < -0.3 is 4.57 Å². The maximum Gasteiger partial charge on any atom is 0.147 e. The molecule has 7 heteroatoms. The molecule has 0 bridgehead atoms. The first-order valence-electron chi connectivity index (χ1n) is 5.54. The molecule has 2 aromatic heterocycles. The molecule has 18 heavy (non-hydrogen) atoms. The molecule has 0 saturated heterocycles. The van der Waals surface area contributed by atoms with Gasteiger partial charge in [0.25, 0.3) is 0 Å². The zero-order chi connectivity index (χ0) is 13.2. The number of hydrogen-bond acceptors (Lipinski definition) is 4. The zero-order valence-corrected chi connectivity index (χ0v) is 11.6. The van der Waals surface area contributed by atoms with Gasteiger partial charge in [-0.25, -0.2) is 13.4 Å². The fourth-order valence-corrected chi connectivity index (χ4v) is 2.73. The van der Waals surface area contributed by atoms with Gasteiger partial charge in [-0.3, -0.25) is 4.98 Å². The lowest BCUT2D eigenvalue weighted by Gasteiger charge is -2.06. The van der Waals surface area contributed by atoms with Gasteiger partial charge in [0.1, 0.15) is 21.2 Å². The fourth-order valence-electron chi connectivity index (χ4n) is 1.87. The molecule has 0 saturated carbocycles. The Morgan fingerprint density at radius 3 is 2.89 bits per heavy atom. The summed E-state index contributed by atoms with van der Waals surface area (Å²) in [6.45, 7) is 0.593. The van der Waals surface area contributed by atoms with Crippen molar-refractivity contribution in [3.05, 3.63) is 24.3 Å². The monoisotopic (exact) mass is 287 g/mol. The Kier molecular flexibility index (Phi) is 3.87. The van der Waals surface area contributed by atoms with Crippen LogP contribution in [0.25, 0.3) is 11.0 Å². The minimum Gasteiger partial charge on any atom is -0.327 e. The third kappa shape index (κ3) is 3.00. The van der Waals surface area contributed by atoms with Crippen LogP contribution in [0.5, 0.6) is 0 Å². The molecule has 0 N–H and O–H groups in total. The smallest absolute Gasteiger partial charge is 0.147 e. The van der Waals surface area contributed by atoms with Crippen molar-refractivity contribution >= 4 is 32.5 Å². The van der Waals surface area contributed by atoms with Crippen LogP contribution in [-0.4, -0.2) is 35.0 Å². The van der Waals surface area contributed by atoms with Crippen molar-refractivity contribution in [3.63, 3.8) is 0 Å². The van der Waals surface area contributed by atoms with Crippen LogP contribution >= 0.6 is 11.6 Å². The molecule has 0 spiro atoms. The molecule has 0 unspecified atom stereocenters. The average molecular weight is 288 g/mol. The number of fused-ring (bicyclic) bond motifs is 1. The third-order valence-electron chi connectivity index (χ3n) is 2.65. The molecular formula is C11H14ClN3O2S. The molecule has 5 nitrogen and oxygen atoms in total. The minimum atomic E-state index is -2.93. The van der Waals surface area contributed by atoms with Crippen molar-refractivity contribution in [1.29, 1.82) is 0 Å². The highest BCUT2D eigenvalue weighted by Crippen LogP contribution is 2.16. The molecule has 0 radical (unpaired) electrons. The fraction of sp³-hybridized carbons (Fsp3) is 0.455. The summed E-state index contributed by atoms with van der Waals surface area (Å²) in [4.78, 5) is 8.37. The van der Waals surface area contributed by atoms with Crippen LogP contribution in [0.1, 0.15) is 12.2 Å². The summed E-state index contributed by atoms with van der Waals surface area (Å²) in [5.41, 5.74) is 1.72. The lowest BCUT2D eigenvalue weighted by Crippen LogP contribution is -2.09. The Bertz CT molecular complexity index is 651. The van der Waals surface area contributed by atoms with Crippen LogP contribution < -0.4 is 0 Å². The van der Waals surface area contributed by atoms with E-state index in [1.54, 1.807) is 12.4 Å². The molecular weight excluding hydrogens is 274 g/mol. The molecule has 0 aliphatic heterocycles. The van der Waals surface area contributed by atoms with Crippen LogP contribution in [0.4, 0.5) is 0 Å². The molecule has 0 aliphatic rings. The second-order valence-electron chi connectivity index (χ2n) is 4.16. The van der Waals surface area contributed by atoms with Gasteiger partial charge in [0.2, 0.25) is 0 Å². The van der Waals surface area contributed by atoms with Crippen molar-refractivity contribution in [2.75, 3.05) is 12.0 Å². The predicted molar refractivity (Wildman–Crippen MR) is 71.4 cm³/mol. The molecule has 2 heterocycles. The van der Waals surface area contributed by atoms with E-state index in [1.165, 1.54) is 6.26 Å². The van der Waals surface area contributed by atoms with E-state index in [-0.39, 0.29) is 5.75 Å². The number of aryl methyl sites for hydroxylation is 1. The number of alkyl halides is 1. The number of pyridine rings is 1. The van der Waals surface area contributed by atoms with Crippen LogP contribution in [0, 0.1) is 0 Å².